The maximum Gasteiger partial charge on any atom is 0.223 e. The Bertz CT molecular complexity index is 380. The van der Waals surface area contributed by atoms with E-state index in [0.717, 1.165) is 13.1 Å². The number of nitrogens with zero attached hydrogens (tertiary/aromatic N) is 1. The van der Waals surface area contributed by atoms with Crippen LogP contribution >= 0.6 is 0 Å². The van der Waals surface area contributed by atoms with Crippen molar-refractivity contribution >= 4 is 5.91 Å². The van der Waals surface area contributed by atoms with Crippen LogP contribution in [0.1, 0.15) is 12.0 Å². The van der Waals surface area contributed by atoms with Crippen molar-refractivity contribution in [3.05, 3.63) is 35.9 Å². The van der Waals surface area contributed by atoms with E-state index in [1.807, 2.05) is 18.2 Å². The van der Waals surface area contributed by atoms with Crippen LogP contribution in [0.4, 0.5) is 0 Å². The van der Waals surface area contributed by atoms with E-state index in [1.54, 1.807) is 0 Å². The minimum absolute atomic E-state index is 0.387. The molecule has 2 atom stereocenters. The molecule has 0 aliphatic carbocycles. The minimum Gasteiger partial charge on any atom is -0.391 e. The molecule has 92 valence electrons. The Balaban J connectivity index is 1.92. The van der Waals surface area contributed by atoms with Crippen molar-refractivity contribution in [3.63, 3.8) is 0 Å². The standard InChI is InChI=1S/C13H18N2O2/c14-13(17)11-6-7-15(9-12(11)16)8-10-4-2-1-3-5-10/h1-5,11-12,16H,6-9H2,(H2,14,17). The molecular weight excluding hydrogens is 216 g/mol. The van der Waals surface area contributed by atoms with E-state index in [2.05, 4.69) is 17.0 Å². The van der Waals surface area contributed by atoms with Gasteiger partial charge in [0.25, 0.3) is 0 Å². The summed E-state index contributed by atoms with van der Waals surface area (Å²) in [5.41, 5.74) is 6.46. The van der Waals surface area contributed by atoms with Crippen LogP contribution in [-0.4, -0.2) is 35.1 Å². The van der Waals surface area contributed by atoms with Crippen LogP contribution in [0.5, 0.6) is 0 Å². The fourth-order valence-corrected chi connectivity index (χ4v) is 2.31. The van der Waals surface area contributed by atoms with Gasteiger partial charge in [0, 0.05) is 13.1 Å². The molecule has 1 aliphatic heterocycles. The van der Waals surface area contributed by atoms with Gasteiger partial charge in [-0.15, -0.1) is 0 Å². The zero-order chi connectivity index (χ0) is 12.3. The molecular formula is C13H18N2O2. The van der Waals surface area contributed by atoms with E-state index < -0.39 is 12.0 Å². The number of likely N-dealkylation sites (tertiary alicyclic amines) is 1. The average molecular weight is 234 g/mol. The number of hydrogen-bond acceptors (Lipinski definition) is 3. The monoisotopic (exact) mass is 234 g/mol. The van der Waals surface area contributed by atoms with Crippen molar-refractivity contribution in [3.8, 4) is 0 Å². The number of hydrogen-bond donors (Lipinski definition) is 2. The Labute approximate surface area is 101 Å². The number of benzene rings is 1. The summed E-state index contributed by atoms with van der Waals surface area (Å²) in [5.74, 6) is -0.779. The number of piperidine rings is 1. The summed E-state index contributed by atoms with van der Waals surface area (Å²) in [4.78, 5) is 13.2. The molecule has 1 aromatic carbocycles. The first kappa shape index (κ1) is 12.1. The molecule has 1 aromatic rings. The Morgan fingerprint density at radius 3 is 2.71 bits per heavy atom. The summed E-state index contributed by atoms with van der Waals surface area (Å²) in [7, 11) is 0. The summed E-state index contributed by atoms with van der Waals surface area (Å²) in [6, 6.07) is 10.1. The molecule has 0 spiro atoms. The molecule has 17 heavy (non-hydrogen) atoms. The highest BCUT2D eigenvalue weighted by atomic mass is 16.3. The predicted octanol–water partition coefficient (Wildman–Crippen LogP) is 0.355. The van der Waals surface area contributed by atoms with Crippen molar-refractivity contribution in [2.45, 2.75) is 19.1 Å². The highest BCUT2D eigenvalue weighted by Gasteiger charge is 2.31. The second kappa shape index (κ2) is 5.29. The third-order valence-corrected chi connectivity index (χ3v) is 3.28. The maximum absolute atomic E-state index is 11.1. The molecule has 4 heteroatoms. The molecule has 2 rings (SSSR count). The van der Waals surface area contributed by atoms with Crippen LogP contribution in [0.25, 0.3) is 0 Å². The highest BCUT2D eigenvalue weighted by Crippen LogP contribution is 2.19. The Kier molecular flexibility index (Phi) is 3.76. The zero-order valence-corrected chi connectivity index (χ0v) is 9.75. The number of nitrogens with two attached hydrogens (primary N) is 1. The predicted molar refractivity (Wildman–Crippen MR) is 65.0 cm³/mol. The van der Waals surface area contributed by atoms with Gasteiger partial charge < -0.3 is 10.8 Å². The molecule has 2 unspecified atom stereocenters. The van der Waals surface area contributed by atoms with Crippen molar-refractivity contribution in [1.82, 2.24) is 4.90 Å². The van der Waals surface area contributed by atoms with Gasteiger partial charge in [-0.1, -0.05) is 30.3 Å². The molecule has 4 nitrogen and oxygen atoms in total. The molecule has 0 radical (unpaired) electrons. The molecule has 0 aromatic heterocycles. The van der Waals surface area contributed by atoms with Gasteiger partial charge in [-0.05, 0) is 18.5 Å². The first-order chi connectivity index (χ1) is 8.16. The fourth-order valence-electron chi connectivity index (χ4n) is 2.31. The van der Waals surface area contributed by atoms with Crippen molar-refractivity contribution in [2.24, 2.45) is 11.7 Å². The van der Waals surface area contributed by atoms with Gasteiger partial charge in [-0.2, -0.15) is 0 Å². The average Bonchev–Trinajstić information content (AvgIpc) is 2.30. The lowest BCUT2D eigenvalue weighted by atomic mass is 9.93. The van der Waals surface area contributed by atoms with Gasteiger partial charge in [0.15, 0.2) is 0 Å². The van der Waals surface area contributed by atoms with Gasteiger partial charge in [0.1, 0.15) is 0 Å². The Morgan fingerprint density at radius 2 is 2.12 bits per heavy atom. The van der Waals surface area contributed by atoms with Crippen molar-refractivity contribution in [1.29, 1.82) is 0 Å². The van der Waals surface area contributed by atoms with Crippen molar-refractivity contribution in [2.75, 3.05) is 13.1 Å². The zero-order valence-electron chi connectivity index (χ0n) is 9.75. The van der Waals surface area contributed by atoms with E-state index in [-0.39, 0.29) is 5.92 Å². The number of aliphatic hydroxyl groups is 1. The highest BCUT2D eigenvalue weighted by molar-refractivity contribution is 5.77. The van der Waals surface area contributed by atoms with E-state index in [4.69, 9.17) is 5.73 Å². The van der Waals surface area contributed by atoms with E-state index in [0.29, 0.717) is 13.0 Å². The van der Waals surface area contributed by atoms with Gasteiger partial charge in [-0.25, -0.2) is 0 Å². The largest absolute Gasteiger partial charge is 0.391 e. The molecule has 3 N–H and O–H groups in total. The third-order valence-electron chi connectivity index (χ3n) is 3.28. The topological polar surface area (TPSA) is 66.6 Å². The van der Waals surface area contributed by atoms with Crippen LogP contribution in [0.2, 0.25) is 0 Å². The molecule has 1 heterocycles. The number of β-amino-alcohol motifs (C(OH)–C–C–N with tert-alkyl or cyclic N) is 1. The molecule has 1 amide bonds. The van der Waals surface area contributed by atoms with Gasteiger partial charge in [0.05, 0.1) is 12.0 Å². The molecule has 1 aliphatic rings. The van der Waals surface area contributed by atoms with Crippen LogP contribution in [0, 0.1) is 5.92 Å². The smallest absolute Gasteiger partial charge is 0.223 e. The van der Waals surface area contributed by atoms with Crippen molar-refractivity contribution < 1.29 is 9.90 Å². The van der Waals surface area contributed by atoms with Crippen LogP contribution in [-0.2, 0) is 11.3 Å². The first-order valence-electron chi connectivity index (χ1n) is 5.90. The number of primary amides is 1. The lowest BCUT2D eigenvalue weighted by molar-refractivity contribution is -0.128. The molecule has 0 bridgehead atoms. The lowest BCUT2D eigenvalue weighted by Crippen LogP contribution is -2.47. The quantitative estimate of drug-likeness (QED) is 0.793. The summed E-state index contributed by atoms with van der Waals surface area (Å²) < 4.78 is 0. The molecule has 1 fully saturated rings. The minimum atomic E-state index is -0.634. The summed E-state index contributed by atoms with van der Waals surface area (Å²) in [5, 5.41) is 9.85. The summed E-state index contributed by atoms with van der Waals surface area (Å²) in [6.07, 6.45) is 0.00790. The SMILES string of the molecule is NC(=O)C1CCN(Cc2ccccc2)CC1O. The normalized spacial score (nSPS) is 25.7. The Morgan fingerprint density at radius 1 is 1.41 bits per heavy atom. The van der Waals surface area contributed by atoms with E-state index >= 15 is 0 Å². The number of aliphatic hydroxyl groups excluding tert-OH is 1. The van der Waals surface area contributed by atoms with Crippen LogP contribution < -0.4 is 5.73 Å². The number of amides is 1. The first-order valence-corrected chi connectivity index (χ1v) is 5.90. The van der Waals surface area contributed by atoms with Crippen LogP contribution in [0.3, 0.4) is 0 Å². The van der Waals surface area contributed by atoms with Gasteiger partial charge >= 0.3 is 0 Å². The second-order valence-corrected chi connectivity index (χ2v) is 4.59. The summed E-state index contributed by atoms with van der Waals surface area (Å²) in [6.45, 7) is 2.13. The number of rotatable bonds is 3. The lowest BCUT2D eigenvalue weighted by Gasteiger charge is -2.34. The fraction of sp³-hybridized carbons (Fsp3) is 0.462. The van der Waals surface area contributed by atoms with Gasteiger partial charge in [-0.3, -0.25) is 9.69 Å². The third kappa shape index (κ3) is 3.05. The second-order valence-electron chi connectivity index (χ2n) is 4.59. The van der Waals surface area contributed by atoms with E-state index in [9.17, 15) is 9.90 Å². The summed E-state index contributed by atoms with van der Waals surface area (Å²) >= 11 is 0. The Hall–Kier alpha value is -1.39. The molecule has 1 saturated heterocycles. The maximum atomic E-state index is 11.1. The van der Waals surface area contributed by atoms with E-state index in [1.165, 1.54) is 5.56 Å². The number of carbonyl (C=O) groups excluding carboxylic acids is 1. The van der Waals surface area contributed by atoms with Gasteiger partial charge in [0.2, 0.25) is 5.91 Å². The molecule has 0 saturated carbocycles. The van der Waals surface area contributed by atoms with Crippen LogP contribution in [0.15, 0.2) is 30.3 Å². The number of carbonyl (C=O) groups is 1.